The number of rotatable bonds is 6. The summed E-state index contributed by atoms with van der Waals surface area (Å²) in [6.07, 6.45) is 0.929. The number of hydrogen-bond donors (Lipinski definition) is 2. The number of ether oxygens (including phenoxy) is 2. The van der Waals surface area contributed by atoms with E-state index in [1.165, 1.54) is 12.5 Å². The second-order valence-corrected chi connectivity index (χ2v) is 5.17. The van der Waals surface area contributed by atoms with Crippen LogP contribution in [-0.4, -0.2) is 38.4 Å². The molecule has 0 aromatic heterocycles. The lowest BCUT2D eigenvalue weighted by atomic mass is 10.0. The topological polar surface area (TPSA) is 59.6 Å². The van der Waals surface area contributed by atoms with Gasteiger partial charge in [0.15, 0.2) is 0 Å². The summed E-state index contributed by atoms with van der Waals surface area (Å²) in [7, 11) is 1.73. The highest BCUT2D eigenvalue weighted by Gasteiger charge is 2.34. The maximum Gasteiger partial charge on any atom is 0.221 e. The zero-order chi connectivity index (χ0) is 14.4. The van der Waals surface area contributed by atoms with E-state index in [1.807, 2.05) is 24.3 Å². The molecule has 0 saturated carbocycles. The lowest BCUT2D eigenvalue weighted by Gasteiger charge is -2.26. The number of carbonyl (C=O) groups is 1. The van der Waals surface area contributed by atoms with Gasteiger partial charge in [-0.05, 0) is 17.7 Å². The van der Waals surface area contributed by atoms with Crippen molar-refractivity contribution in [2.75, 3.05) is 32.2 Å². The van der Waals surface area contributed by atoms with Crippen LogP contribution in [0.3, 0.4) is 0 Å². The average molecular weight is 278 g/mol. The van der Waals surface area contributed by atoms with Crippen LogP contribution < -0.4 is 10.6 Å². The summed E-state index contributed by atoms with van der Waals surface area (Å²) in [5, 5.41) is 6.16. The molecule has 20 heavy (non-hydrogen) atoms. The molecular formula is C15H22N2O3. The number of methoxy groups -OCH3 is 1. The van der Waals surface area contributed by atoms with Gasteiger partial charge in [0.1, 0.15) is 5.60 Å². The first-order valence-electron chi connectivity index (χ1n) is 6.84. The summed E-state index contributed by atoms with van der Waals surface area (Å²) in [4.78, 5) is 10.9. The van der Waals surface area contributed by atoms with Gasteiger partial charge in [-0.2, -0.15) is 0 Å². The molecule has 1 aliphatic rings. The van der Waals surface area contributed by atoms with E-state index in [0.29, 0.717) is 6.61 Å². The number of hydrogen-bond acceptors (Lipinski definition) is 4. The van der Waals surface area contributed by atoms with Crippen molar-refractivity contribution in [1.82, 2.24) is 5.32 Å². The average Bonchev–Trinajstić information content (AvgIpc) is 2.90. The summed E-state index contributed by atoms with van der Waals surface area (Å²) in [5.41, 5.74) is 1.80. The van der Waals surface area contributed by atoms with Gasteiger partial charge in [-0.15, -0.1) is 0 Å². The van der Waals surface area contributed by atoms with Crippen LogP contribution in [0, 0.1) is 0 Å². The van der Waals surface area contributed by atoms with Gasteiger partial charge in [-0.3, -0.25) is 4.79 Å². The second-order valence-electron chi connectivity index (χ2n) is 5.17. The summed E-state index contributed by atoms with van der Waals surface area (Å²) in [6.45, 7) is 4.46. The summed E-state index contributed by atoms with van der Waals surface area (Å²) < 4.78 is 11.0. The molecule has 1 aliphatic heterocycles. The highest BCUT2D eigenvalue weighted by atomic mass is 16.5. The van der Waals surface area contributed by atoms with Crippen LogP contribution in [0.5, 0.6) is 0 Å². The Kier molecular flexibility index (Phi) is 5.11. The second kappa shape index (κ2) is 6.83. The van der Waals surface area contributed by atoms with Crippen molar-refractivity contribution in [3.8, 4) is 0 Å². The highest BCUT2D eigenvalue weighted by Crippen LogP contribution is 2.21. The van der Waals surface area contributed by atoms with Gasteiger partial charge >= 0.3 is 0 Å². The van der Waals surface area contributed by atoms with E-state index in [9.17, 15) is 4.79 Å². The third-order valence-electron chi connectivity index (χ3n) is 3.55. The van der Waals surface area contributed by atoms with Crippen molar-refractivity contribution in [1.29, 1.82) is 0 Å². The molecule has 1 heterocycles. The Bertz CT molecular complexity index is 439. The van der Waals surface area contributed by atoms with E-state index >= 15 is 0 Å². The molecule has 5 nitrogen and oxygen atoms in total. The fraction of sp³-hybridized carbons (Fsp3) is 0.533. The number of carbonyl (C=O) groups excluding carboxylic acids is 1. The molecule has 0 spiro atoms. The molecule has 1 amide bonds. The van der Waals surface area contributed by atoms with Gasteiger partial charge in [-0.25, -0.2) is 0 Å². The van der Waals surface area contributed by atoms with Crippen molar-refractivity contribution in [3.05, 3.63) is 29.8 Å². The number of benzene rings is 1. The SMILES string of the molecule is COC1(CNCc2ccc(NC(C)=O)cc2)CCOC1. The Labute approximate surface area is 119 Å². The minimum absolute atomic E-state index is 0.0563. The first kappa shape index (κ1) is 15.0. The van der Waals surface area contributed by atoms with Gasteiger partial charge in [0.25, 0.3) is 0 Å². The molecule has 1 aromatic carbocycles. The van der Waals surface area contributed by atoms with E-state index in [-0.39, 0.29) is 11.5 Å². The van der Waals surface area contributed by atoms with Crippen LogP contribution in [0.2, 0.25) is 0 Å². The standard InChI is InChI=1S/C15H22N2O3/c1-12(18)17-14-5-3-13(4-6-14)9-16-10-15(19-2)7-8-20-11-15/h3-6,16H,7-11H2,1-2H3,(H,17,18). The quantitative estimate of drug-likeness (QED) is 0.828. The maximum absolute atomic E-state index is 10.9. The normalized spacial score (nSPS) is 21.9. The number of amides is 1. The van der Waals surface area contributed by atoms with Gasteiger partial charge in [0.05, 0.1) is 6.61 Å². The zero-order valence-electron chi connectivity index (χ0n) is 12.1. The Morgan fingerprint density at radius 1 is 1.40 bits per heavy atom. The monoisotopic (exact) mass is 278 g/mol. The van der Waals surface area contributed by atoms with Crippen molar-refractivity contribution >= 4 is 11.6 Å². The van der Waals surface area contributed by atoms with Crippen LogP contribution in [0.15, 0.2) is 24.3 Å². The minimum atomic E-state index is -0.184. The Morgan fingerprint density at radius 2 is 2.15 bits per heavy atom. The molecule has 1 saturated heterocycles. The van der Waals surface area contributed by atoms with Crippen molar-refractivity contribution in [3.63, 3.8) is 0 Å². The molecule has 110 valence electrons. The van der Waals surface area contributed by atoms with E-state index in [4.69, 9.17) is 9.47 Å². The maximum atomic E-state index is 10.9. The molecule has 1 atom stereocenters. The van der Waals surface area contributed by atoms with E-state index in [1.54, 1.807) is 7.11 Å². The minimum Gasteiger partial charge on any atom is -0.378 e. The number of anilines is 1. The lowest BCUT2D eigenvalue weighted by Crippen LogP contribution is -2.42. The van der Waals surface area contributed by atoms with Crippen molar-refractivity contribution in [2.45, 2.75) is 25.5 Å². The lowest BCUT2D eigenvalue weighted by molar-refractivity contribution is -0.114. The molecule has 2 N–H and O–H groups in total. The molecule has 0 radical (unpaired) electrons. The molecule has 5 heteroatoms. The van der Waals surface area contributed by atoms with Crippen molar-refractivity contribution in [2.24, 2.45) is 0 Å². The van der Waals surface area contributed by atoms with Gasteiger partial charge in [0, 0.05) is 45.8 Å². The van der Waals surface area contributed by atoms with Crippen LogP contribution in [0.1, 0.15) is 18.9 Å². The van der Waals surface area contributed by atoms with Crippen LogP contribution in [0.25, 0.3) is 0 Å². The summed E-state index contributed by atoms with van der Waals surface area (Å²) in [5.74, 6) is -0.0563. The summed E-state index contributed by atoms with van der Waals surface area (Å²) >= 11 is 0. The van der Waals surface area contributed by atoms with Crippen LogP contribution in [-0.2, 0) is 20.8 Å². The Morgan fingerprint density at radius 3 is 2.70 bits per heavy atom. The third kappa shape index (κ3) is 4.03. The molecular weight excluding hydrogens is 256 g/mol. The smallest absolute Gasteiger partial charge is 0.221 e. The fourth-order valence-electron chi connectivity index (χ4n) is 2.30. The van der Waals surface area contributed by atoms with Crippen LogP contribution >= 0.6 is 0 Å². The van der Waals surface area contributed by atoms with Gasteiger partial charge < -0.3 is 20.1 Å². The number of nitrogens with one attached hydrogen (secondary N) is 2. The zero-order valence-corrected chi connectivity index (χ0v) is 12.1. The van der Waals surface area contributed by atoms with E-state index in [0.717, 1.165) is 31.8 Å². The highest BCUT2D eigenvalue weighted by molar-refractivity contribution is 5.88. The Hall–Kier alpha value is -1.43. The predicted octanol–water partition coefficient (Wildman–Crippen LogP) is 1.54. The third-order valence-corrected chi connectivity index (χ3v) is 3.55. The predicted molar refractivity (Wildman–Crippen MR) is 77.6 cm³/mol. The first-order valence-corrected chi connectivity index (χ1v) is 6.84. The first-order chi connectivity index (χ1) is 9.63. The summed E-state index contributed by atoms with van der Waals surface area (Å²) in [6, 6.07) is 7.82. The molecule has 1 unspecified atom stereocenters. The van der Waals surface area contributed by atoms with Gasteiger partial charge in [-0.1, -0.05) is 12.1 Å². The van der Waals surface area contributed by atoms with Crippen LogP contribution in [0.4, 0.5) is 5.69 Å². The molecule has 1 aromatic rings. The van der Waals surface area contributed by atoms with E-state index < -0.39 is 0 Å². The largest absolute Gasteiger partial charge is 0.378 e. The Balaban J connectivity index is 1.80. The van der Waals surface area contributed by atoms with Gasteiger partial charge in [0.2, 0.25) is 5.91 Å². The van der Waals surface area contributed by atoms with E-state index in [2.05, 4.69) is 10.6 Å². The molecule has 2 rings (SSSR count). The molecule has 0 bridgehead atoms. The molecule has 1 fully saturated rings. The molecule has 0 aliphatic carbocycles. The van der Waals surface area contributed by atoms with Crippen molar-refractivity contribution < 1.29 is 14.3 Å². The fourth-order valence-corrected chi connectivity index (χ4v) is 2.30.